The van der Waals surface area contributed by atoms with Crippen LogP contribution in [0.25, 0.3) is 0 Å². The second kappa shape index (κ2) is 7.46. The van der Waals surface area contributed by atoms with Crippen LogP contribution in [0, 0.1) is 5.41 Å². The summed E-state index contributed by atoms with van der Waals surface area (Å²) in [7, 11) is 0. The fraction of sp³-hybridized carbons (Fsp3) is 0.750. The lowest BCUT2D eigenvalue weighted by atomic mass is 10.1. The van der Waals surface area contributed by atoms with Gasteiger partial charge in [0, 0.05) is 13.0 Å². The van der Waals surface area contributed by atoms with Crippen molar-refractivity contribution in [3.05, 3.63) is 12.2 Å². The maximum atomic E-state index is 7.54. The average Bonchev–Trinajstić information content (AvgIpc) is 2.51. The van der Waals surface area contributed by atoms with E-state index >= 15 is 0 Å². The zero-order valence-electron chi connectivity index (χ0n) is 9.50. The van der Waals surface area contributed by atoms with E-state index in [1.165, 1.54) is 12.8 Å². The molecule has 0 bridgehead atoms. The molecule has 1 atom stereocenters. The highest BCUT2D eigenvalue weighted by Gasteiger charge is 2.13. The number of allylic oxidation sites excluding steroid dienone is 1. The third-order valence-electron chi connectivity index (χ3n) is 2.51. The number of hydrogen-bond donors (Lipinski definition) is 1. The lowest BCUT2D eigenvalue weighted by molar-refractivity contribution is 0.0205. The van der Waals surface area contributed by atoms with Crippen LogP contribution in [0.4, 0.5) is 0 Å². The van der Waals surface area contributed by atoms with Crippen LogP contribution in [-0.4, -0.2) is 25.2 Å². The molecule has 0 aliphatic carbocycles. The van der Waals surface area contributed by atoms with Gasteiger partial charge in [-0.15, -0.1) is 0 Å². The third kappa shape index (κ3) is 5.57. The Kier molecular flexibility index (Phi) is 6.09. The second-order valence-corrected chi connectivity index (χ2v) is 3.85. The maximum Gasteiger partial charge on any atom is 0.184 e. The Balaban J connectivity index is 2.14. The standard InChI is InChI=1S/C12H21NO2/c1-2-3-8-12(13)15-10-11-7-5-4-6-9-14-11/h2-3,11,13H,4-10H2,1H3/b3-2+,13-12?. The molecule has 0 aromatic rings. The van der Waals surface area contributed by atoms with Gasteiger partial charge in [-0.3, -0.25) is 5.41 Å². The Labute approximate surface area is 92.0 Å². The molecule has 86 valence electrons. The van der Waals surface area contributed by atoms with E-state index in [2.05, 4.69) is 0 Å². The van der Waals surface area contributed by atoms with Crippen molar-refractivity contribution in [1.82, 2.24) is 0 Å². The van der Waals surface area contributed by atoms with E-state index in [9.17, 15) is 0 Å². The summed E-state index contributed by atoms with van der Waals surface area (Å²) in [6.45, 7) is 3.33. The van der Waals surface area contributed by atoms with E-state index in [1.807, 2.05) is 19.1 Å². The van der Waals surface area contributed by atoms with E-state index in [-0.39, 0.29) is 6.10 Å². The lowest BCUT2D eigenvalue weighted by Crippen LogP contribution is -2.21. The van der Waals surface area contributed by atoms with E-state index in [0.29, 0.717) is 18.9 Å². The smallest absolute Gasteiger partial charge is 0.184 e. The number of ether oxygens (including phenoxy) is 2. The topological polar surface area (TPSA) is 42.3 Å². The first kappa shape index (κ1) is 12.2. The van der Waals surface area contributed by atoms with Crippen molar-refractivity contribution in [2.75, 3.05) is 13.2 Å². The van der Waals surface area contributed by atoms with Crippen LogP contribution >= 0.6 is 0 Å². The van der Waals surface area contributed by atoms with Gasteiger partial charge in [-0.1, -0.05) is 25.0 Å². The fourth-order valence-corrected chi connectivity index (χ4v) is 1.59. The van der Waals surface area contributed by atoms with Gasteiger partial charge >= 0.3 is 0 Å². The highest BCUT2D eigenvalue weighted by Crippen LogP contribution is 2.13. The molecule has 0 spiro atoms. The van der Waals surface area contributed by atoms with Gasteiger partial charge in [-0.25, -0.2) is 0 Å². The lowest BCUT2D eigenvalue weighted by Gasteiger charge is -2.15. The predicted molar refractivity (Wildman–Crippen MR) is 61.3 cm³/mol. The number of nitrogens with one attached hydrogen (secondary N) is 1. The van der Waals surface area contributed by atoms with E-state index in [4.69, 9.17) is 14.9 Å². The van der Waals surface area contributed by atoms with Gasteiger partial charge in [0.2, 0.25) is 0 Å². The molecule has 0 radical (unpaired) electrons. The SMILES string of the molecule is C/C=C/CC(=N)OCC1CCCCCO1. The molecular formula is C12H21NO2. The van der Waals surface area contributed by atoms with Crippen LogP contribution in [0.1, 0.15) is 39.0 Å². The van der Waals surface area contributed by atoms with Crippen molar-refractivity contribution in [2.24, 2.45) is 0 Å². The van der Waals surface area contributed by atoms with Crippen molar-refractivity contribution in [3.63, 3.8) is 0 Å². The van der Waals surface area contributed by atoms with Gasteiger partial charge in [0.15, 0.2) is 5.90 Å². The molecule has 1 rings (SSSR count). The first-order valence-electron chi connectivity index (χ1n) is 5.76. The molecule has 3 heteroatoms. The summed E-state index contributed by atoms with van der Waals surface area (Å²) in [5.74, 6) is 0.334. The van der Waals surface area contributed by atoms with Gasteiger partial charge in [-0.05, 0) is 19.8 Å². The Morgan fingerprint density at radius 1 is 1.47 bits per heavy atom. The van der Waals surface area contributed by atoms with E-state index < -0.39 is 0 Å². The largest absolute Gasteiger partial charge is 0.478 e. The molecule has 0 amide bonds. The van der Waals surface area contributed by atoms with Crippen LogP contribution < -0.4 is 0 Å². The fourth-order valence-electron chi connectivity index (χ4n) is 1.59. The second-order valence-electron chi connectivity index (χ2n) is 3.85. The van der Waals surface area contributed by atoms with Crippen LogP contribution in [0.2, 0.25) is 0 Å². The summed E-state index contributed by atoms with van der Waals surface area (Å²) in [5.41, 5.74) is 0. The van der Waals surface area contributed by atoms with Crippen LogP contribution in [0.5, 0.6) is 0 Å². The summed E-state index contributed by atoms with van der Waals surface area (Å²) in [5, 5.41) is 7.54. The van der Waals surface area contributed by atoms with Crippen molar-refractivity contribution in [3.8, 4) is 0 Å². The molecule has 1 aliphatic rings. The zero-order chi connectivity index (χ0) is 10.9. The minimum absolute atomic E-state index is 0.193. The van der Waals surface area contributed by atoms with Gasteiger partial charge in [0.05, 0.1) is 6.10 Å². The molecule has 15 heavy (non-hydrogen) atoms. The quantitative estimate of drug-likeness (QED) is 0.441. The van der Waals surface area contributed by atoms with Gasteiger partial charge in [-0.2, -0.15) is 0 Å². The van der Waals surface area contributed by atoms with Crippen LogP contribution in [0.15, 0.2) is 12.2 Å². The summed E-state index contributed by atoms with van der Waals surface area (Å²) in [4.78, 5) is 0. The first-order chi connectivity index (χ1) is 7.33. The van der Waals surface area contributed by atoms with Crippen molar-refractivity contribution in [1.29, 1.82) is 5.41 Å². The van der Waals surface area contributed by atoms with E-state index in [1.54, 1.807) is 0 Å². The molecule has 1 heterocycles. The third-order valence-corrected chi connectivity index (χ3v) is 2.51. The highest BCUT2D eigenvalue weighted by molar-refractivity contribution is 5.74. The van der Waals surface area contributed by atoms with Gasteiger partial charge in [0.25, 0.3) is 0 Å². The molecule has 1 saturated heterocycles. The molecule has 1 aliphatic heterocycles. The molecule has 1 N–H and O–H groups in total. The maximum absolute atomic E-state index is 7.54. The van der Waals surface area contributed by atoms with Crippen LogP contribution in [0.3, 0.4) is 0 Å². The van der Waals surface area contributed by atoms with Crippen molar-refractivity contribution < 1.29 is 9.47 Å². The first-order valence-corrected chi connectivity index (χ1v) is 5.76. The normalized spacial score (nSPS) is 22.6. The zero-order valence-corrected chi connectivity index (χ0v) is 9.50. The minimum Gasteiger partial charge on any atom is -0.478 e. The van der Waals surface area contributed by atoms with Gasteiger partial charge in [0.1, 0.15) is 6.61 Å². The highest BCUT2D eigenvalue weighted by atomic mass is 16.5. The molecule has 0 aromatic heterocycles. The monoisotopic (exact) mass is 211 g/mol. The minimum atomic E-state index is 0.193. The van der Waals surface area contributed by atoms with E-state index in [0.717, 1.165) is 19.4 Å². The predicted octanol–water partition coefficient (Wildman–Crippen LogP) is 2.91. The van der Waals surface area contributed by atoms with Crippen molar-refractivity contribution >= 4 is 5.90 Å². The molecule has 3 nitrogen and oxygen atoms in total. The summed E-state index contributed by atoms with van der Waals surface area (Å²) in [6, 6.07) is 0. The Hall–Kier alpha value is -0.830. The summed E-state index contributed by atoms with van der Waals surface area (Å²) >= 11 is 0. The Morgan fingerprint density at radius 3 is 3.13 bits per heavy atom. The molecule has 0 aromatic carbocycles. The average molecular weight is 211 g/mol. The number of hydrogen-bond acceptors (Lipinski definition) is 3. The molecule has 1 fully saturated rings. The summed E-state index contributed by atoms with van der Waals surface area (Å²) in [6.07, 6.45) is 9.34. The molecule has 0 saturated carbocycles. The Bertz CT molecular complexity index is 206. The van der Waals surface area contributed by atoms with Crippen LogP contribution in [-0.2, 0) is 9.47 Å². The van der Waals surface area contributed by atoms with Gasteiger partial charge < -0.3 is 9.47 Å². The summed E-state index contributed by atoms with van der Waals surface area (Å²) < 4.78 is 11.0. The number of rotatable bonds is 4. The molecule has 1 unspecified atom stereocenters. The Morgan fingerprint density at radius 2 is 2.33 bits per heavy atom. The molecular weight excluding hydrogens is 190 g/mol. The van der Waals surface area contributed by atoms with Crippen molar-refractivity contribution in [2.45, 2.75) is 45.1 Å².